The molecule has 0 aromatic carbocycles. The lowest BCUT2D eigenvalue weighted by Crippen LogP contribution is -2.69. The molecule has 0 radical (unpaired) electrons. The largest absolute Gasteiger partial charge is 0.481 e. The van der Waals surface area contributed by atoms with E-state index in [2.05, 4.69) is 5.10 Å². The van der Waals surface area contributed by atoms with Crippen molar-refractivity contribution < 1.29 is 23.1 Å². The fourth-order valence-corrected chi connectivity index (χ4v) is 6.56. The second-order valence-electron chi connectivity index (χ2n) is 7.09. The number of hydrogen-bond acceptors (Lipinski definition) is 5. The second-order valence-corrected chi connectivity index (χ2v) is 9.54. The average molecular weight is 353 g/mol. The van der Waals surface area contributed by atoms with Gasteiger partial charge in [-0.3, -0.25) is 14.3 Å². The van der Waals surface area contributed by atoms with E-state index >= 15 is 0 Å². The molecule has 3 aliphatic rings. The first-order chi connectivity index (χ1) is 11.3. The lowest BCUT2D eigenvalue weighted by molar-refractivity contribution is -0.149. The summed E-state index contributed by atoms with van der Waals surface area (Å²) in [5, 5.41) is 13.4. The van der Waals surface area contributed by atoms with Crippen molar-refractivity contribution in [3.63, 3.8) is 0 Å². The number of sulfone groups is 1. The molecule has 24 heavy (non-hydrogen) atoms. The summed E-state index contributed by atoms with van der Waals surface area (Å²) in [4.78, 5) is 25.5. The smallest absolute Gasteiger partial charge is 0.308 e. The highest BCUT2D eigenvalue weighted by molar-refractivity contribution is 7.93. The van der Waals surface area contributed by atoms with Gasteiger partial charge in [-0.25, -0.2) is 8.42 Å². The third-order valence-corrected chi connectivity index (χ3v) is 8.36. The molecule has 1 saturated carbocycles. The van der Waals surface area contributed by atoms with Crippen LogP contribution in [0.25, 0.3) is 0 Å². The van der Waals surface area contributed by atoms with Crippen LogP contribution in [-0.2, 0) is 26.5 Å². The minimum absolute atomic E-state index is 0.0136. The van der Waals surface area contributed by atoms with E-state index in [9.17, 15) is 23.1 Å². The first-order valence-electron chi connectivity index (χ1n) is 7.98. The van der Waals surface area contributed by atoms with Crippen molar-refractivity contribution in [3.05, 3.63) is 18.0 Å². The van der Waals surface area contributed by atoms with Crippen LogP contribution in [0.5, 0.6) is 0 Å². The Morgan fingerprint density at radius 1 is 1.38 bits per heavy atom. The molecule has 2 aliphatic heterocycles. The minimum atomic E-state index is -3.47. The van der Waals surface area contributed by atoms with Crippen molar-refractivity contribution in [2.45, 2.75) is 23.5 Å². The Morgan fingerprint density at radius 3 is 2.67 bits per heavy atom. The standard InChI is InChI=1S/C15H19N3O5S/c1-17-12(2-4-16-17)9-6-10(9)13(19)18-7-15(8-18)11(14(20)21)3-5-24(15,22)23/h2,4,9-11H,3,5-8H2,1H3,(H,20,21)/t9-,10-,11?/m1/s1. The molecular weight excluding hydrogens is 334 g/mol. The molecule has 1 aliphatic carbocycles. The van der Waals surface area contributed by atoms with E-state index in [1.54, 1.807) is 10.9 Å². The van der Waals surface area contributed by atoms with Gasteiger partial charge in [-0.15, -0.1) is 0 Å². The molecule has 1 spiro atoms. The van der Waals surface area contributed by atoms with Gasteiger partial charge in [0.1, 0.15) is 4.75 Å². The molecule has 1 amide bonds. The third kappa shape index (κ3) is 1.96. The Kier molecular flexibility index (Phi) is 3.13. The summed E-state index contributed by atoms with van der Waals surface area (Å²) in [6, 6.07) is 1.89. The van der Waals surface area contributed by atoms with Gasteiger partial charge in [0.2, 0.25) is 5.91 Å². The molecule has 0 bridgehead atoms. The van der Waals surface area contributed by atoms with Crippen molar-refractivity contribution >= 4 is 21.7 Å². The SMILES string of the molecule is Cn1nccc1[C@@H]1C[C@H]1C(=O)N1CC2(C1)C(C(=O)O)CCS2(=O)=O. The first-order valence-corrected chi connectivity index (χ1v) is 9.64. The molecule has 1 aromatic heterocycles. The van der Waals surface area contributed by atoms with E-state index in [1.165, 1.54) is 4.90 Å². The van der Waals surface area contributed by atoms with E-state index in [0.717, 1.165) is 12.1 Å². The molecule has 3 fully saturated rings. The molecule has 8 nitrogen and oxygen atoms in total. The van der Waals surface area contributed by atoms with Crippen LogP contribution in [0.4, 0.5) is 0 Å². The number of carbonyl (C=O) groups is 2. The van der Waals surface area contributed by atoms with Crippen molar-refractivity contribution in [2.75, 3.05) is 18.8 Å². The Morgan fingerprint density at radius 2 is 2.08 bits per heavy atom. The Bertz CT molecular complexity index is 824. The number of carboxylic acid groups (broad SMARTS) is 1. The van der Waals surface area contributed by atoms with Crippen molar-refractivity contribution in [1.82, 2.24) is 14.7 Å². The average Bonchev–Trinajstić information content (AvgIpc) is 3.04. The fraction of sp³-hybridized carbons (Fsp3) is 0.667. The highest BCUT2D eigenvalue weighted by Gasteiger charge is 2.66. The van der Waals surface area contributed by atoms with Crippen LogP contribution in [0, 0.1) is 11.8 Å². The van der Waals surface area contributed by atoms with Gasteiger partial charge in [0.05, 0.1) is 11.7 Å². The van der Waals surface area contributed by atoms with E-state index in [4.69, 9.17) is 0 Å². The van der Waals surface area contributed by atoms with E-state index in [0.29, 0.717) is 0 Å². The van der Waals surface area contributed by atoms with Gasteiger partial charge < -0.3 is 10.0 Å². The number of aryl methyl sites for hydroxylation is 1. The topological polar surface area (TPSA) is 110 Å². The Balaban J connectivity index is 1.47. The molecule has 9 heteroatoms. The van der Waals surface area contributed by atoms with Gasteiger partial charge in [-0.2, -0.15) is 5.10 Å². The number of carbonyl (C=O) groups excluding carboxylic acids is 1. The lowest BCUT2D eigenvalue weighted by Gasteiger charge is -2.49. The minimum Gasteiger partial charge on any atom is -0.481 e. The normalized spacial score (nSPS) is 32.5. The number of hydrogen-bond donors (Lipinski definition) is 1. The van der Waals surface area contributed by atoms with Gasteiger partial charge in [0.25, 0.3) is 0 Å². The molecule has 1 N–H and O–H groups in total. The highest BCUT2D eigenvalue weighted by atomic mass is 32.2. The first kappa shape index (κ1) is 15.6. The summed E-state index contributed by atoms with van der Waals surface area (Å²) in [6.45, 7) is 0.0273. The molecule has 2 saturated heterocycles. The summed E-state index contributed by atoms with van der Waals surface area (Å²) in [6.07, 6.45) is 2.56. The molecular formula is C15H19N3O5S. The zero-order valence-corrected chi connectivity index (χ0v) is 14.1. The summed E-state index contributed by atoms with van der Waals surface area (Å²) >= 11 is 0. The quantitative estimate of drug-likeness (QED) is 0.794. The maximum Gasteiger partial charge on any atom is 0.308 e. The Hall–Kier alpha value is -1.90. The van der Waals surface area contributed by atoms with Crippen LogP contribution in [0.1, 0.15) is 24.5 Å². The predicted octanol–water partition coefficient (Wildman–Crippen LogP) is -0.376. The molecule has 1 unspecified atom stereocenters. The van der Waals surface area contributed by atoms with Crippen molar-refractivity contribution in [2.24, 2.45) is 18.9 Å². The summed E-state index contributed by atoms with van der Waals surface area (Å²) in [5.74, 6) is -2.19. The van der Waals surface area contributed by atoms with E-state index in [-0.39, 0.29) is 43.0 Å². The van der Waals surface area contributed by atoms with Crippen LogP contribution in [0.15, 0.2) is 12.3 Å². The van der Waals surface area contributed by atoms with Crippen LogP contribution in [0.3, 0.4) is 0 Å². The lowest BCUT2D eigenvalue weighted by atomic mass is 9.83. The number of likely N-dealkylation sites (tertiary alicyclic amines) is 1. The maximum absolute atomic E-state index is 12.6. The van der Waals surface area contributed by atoms with Crippen LogP contribution in [-0.4, -0.2) is 63.7 Å². The van der Waals surface area contributed by atoms with Crippen molar-refractivity contribution in [3.8, 4) is 0 Å². The van der Waals surface area contributed by atoms with Gasteiger partial charge in [0.15, 0.2) is 9.84 Å². The highest BCUT2D eigenvalue weighted by Crippen LogP contribution is 2.51. The van der Waals surface area contributed by atoms with Gasteiger partial charge in [-0.05, 0) is 18.9 Å². The number of rotatable bonds is 3. The maximum atomic E-state index is 12.6. The predicted molar refractivity (Wildman–Crippen MR) is 82.9 cm³/mol. The number of amides is 1. The summed E-state index contributed by atoms with van der Waals surface area (Å²) in [7, 11) is -1.64. The molecule has 1 aromatic rings. The van der Waals surface area contributed by atoms with E-state index in [1.807, 2.05) is 13.1 Å². The van der Waals surface area contributed by atoms with Crippen LogP contribution >= 0.6 is 0 Å². The molecule has 4 rings (SSSR count). The zero-order chi connectivity index (χ0) is 17.3. The zero-order valence-electron chi connectivity index (χ0n) is 13.3. The second kappa shape index (κ2) is 4.81. The van der Waals surface area contributed by atoms with Gasteiger partial charge in [0, 0.05) is 43.9 Å². The Labute approximate surface area is 139 Å². The monoisotopic (exact) mass is 353 g/mol. The number of aromatic nitrogens is 2. The summed E-state index contributed by atoms with van der Waals surface area (Å²) < 4.78 is 25.1. The van der Waals surface area contributed by atoms with Crippen LogP contribution in [0.2, 0.25) is 0 Å². The third-order valence-electron chi connectivity index (χ3n) is 5.80. The van der Waals surface area contributed by atoms with Gasteiger partial charge in [-0.1, -0.05) is 0 Å². The van der Waals surface area contributed by atoms with Crippen LogP contribution < -0.4 is 0 Å². The molecule has 3 heterocycles. The molecule has 130 valence electrons. The fourth-order valence-electron chi connectivity index (χ4n) is 4.25. The van der Waals surface area contributed by atoms with Crippen molar-refractivity contribution in [1.29, 1.82) is 0 Å². The molecule has 3 atom stereocenters. The van der Waals surface area contributed by atoms with Gasteiger partial charge >= 0.3 is 5.97 Å². The number of aliphatic carboxylic acids is 1. The summed E-state index contributed by atoms with van der Waals surface area (Å²) in [5.41, 5.74) is 1.00. The number of carboxylic acids is 1. The van der Waals surface area contributed by atoms with E-state index < -0.39 is 26.5 Å². The number of nitrogens with zero attached hydrogens (tertiary/aromatic N) is 3.